The van der Waals surface area contributed by atoms with Crippen molar-refractivity contribution in [3.8, 4) is 0 Å². The molecule has 1 heterocycles. The predicted molar refractivity (Wildman–Crippen MR) is 64.3 cm³/mol. The van der Waals surface area contributed by atoms with Gasteiger partial charge in [0.1, 0.15) is 0 Å². The molecule has 1 rings (SSSR count). The normalized spacial score (nSPS) is 22.8. The number of nitrogens with one attached hydrogen (secondary N) is 2. The standard InChI is InChI=1S/C12H24N2O2/c1-10(16-2)5-6-12(15)14-9-11-4-3-7-13-8-11/h10-11,13H,3-9H2,1-2H3,(H,14,15). The summed E-state index contributed by atoms with van der Waals surface area (Å²) in [5.74, 6) is 0.757. The molecular weight excluding hydrogens is 204 g/mol. The average molecular weight is 228 g/mol. The van der Waals surface area contributed by atoms with Gasteiger partial charge in [-0.25, -0.2) is 0 Å². The van der Waals surface area contributed by atoms with Crippen LogP contribution in [0.25, 0.3) is 0 Å². The summed E-state index contributed by atoms with van der Waals surface area (Å²) in [5, 5.41) is 6.34. The van der Waals surface area contributed by atoms with Crippen LogP contribution in [0.1, 0.15) is 32.6 Å². The third kappa shape index (κ3) is 5.47. The minimum Gasteiger partial charge on any atom is -0.382 e. The minimum absolute atomic E-state index is 0.148. The van der Waals surface area contributed by atoms with Crippen molar-refractivity contribution in [3.05, 3.63) is 0 Å². The van der Waals surface area contributed by atoms with Gasteiger partial charge in [-0.3, -0.25) is 4.79 Å². The fourth-order valence-electron chi connectivity index (χ4n) is 1.90. The maximum Gasteiger partial charge on any atom is 0.220 e. The number of methoxy groups -OCH3 is 1. The van der Waals surface area contributed by atoms with Gasteiger partial charge in [-0.1, -0.05) is 0 Å². The molecule has 2 unspecified atom stereocenters. The van der Waals surface area contributed by atoms with E-state index in [0.717, 1.165) is 26.1 Å². The second-order valence-corrected chi connectivity index (χ2v) is 4.60. The Kier molecular flexibility index (Phi) is 6.42. The predicted octanol–water partition coefficient (Wildman–Crippen LogP) is 0.917. The van der Waals surface area contributed by atoms with Crippen LogP contribution in [0.3, 0.4) is 0 Å². The Bertz CT molecular complexity index is 203. The molecule has 0 spiro atoms. The maximum atomic E-state index is 11.5. The van der Waals surface area contributed by atoms with Gasteiger partial charge < -0.3 is 15.4 Å². The summed E-state index contributed by atoms with van der Waals surface area (Å²) in [6, 6.07) is 0. The Labute approximate surface area is 98.1 Å². The van der Waals surface area contributed by atoms with Crippen LogP contribution in [0.5, 0.6) is 0 Å². The van der Waals surface area contributed by atoms with Gasteiger partial charge >= 0.3 is 0 Å². The summed E-state index contributed by atoms with van der Waals surface area (Å²) in [5.41, 5.74) is 0. The molecule has 94 valence electrons. The van der Waals surface area contributed by atoms with E-state index in [9.17, 15) is 4.79 Å². The third-order valence-electron chi connectivity index (χ3n) is 3.17. The Morgan fingerprint density at radius 3 is 3.06 bits per heavy atom. The first-order valence-electron chi connectivity index (χ1n) is 6.22. The maximum absolute atomic E-state index is 11.5. The van der Waals surface area contributed by atoms with Crippen molar-refractivity contribution in [2.24, 2.45) is 5.92 Å². The first-order valence-corrected chi connectivity index (χ1v) is 6.22. The van der Waals surface area contributed by atoms with Crippen LogP contribution < -0.4 is 10.6 Å². The molecular formula is C12H24N2O2. The van der Waals surface area contributed by atoms with Crippen LogP contribution in [-0.4, -0.2) is 38.8 Å². The molecule has 0 aliphatic carbocycles. The molecule has 2 N–H and O–H groups in total. The number of carbonyl (C=O) groups is 1. The molecule has 1 saturated heterocycles. The van der Waals surface area contributed by atoms with Crippen molar-refractivity contribution in [2.75, 3.05) is 26.7 Å². The van der Waals surface area contributed by atoms with Crippen LogP contribution in [-0.2, 0) is 9.53 Å². The van der Waals surface area contributed by atoms with Crippen LogP contribution in [0.4, 0.5) is 0 Å². The fraction of sp³-hybridized carbons (Fsp3) is 0.917. The van der Waals surface area contributed by atoms with Gasteiger partial charge in [-0.2, -0.15) is 0 Å². The van der Waals surface area contributed by atoms with E-state index >= 15 is 0 Å². The summed E-state index contributed by atoms with van der Waals surface area (Å²) in [6.07, 6.45) is 3.98. The molecule has 0 bridgehead atoms. The summed E-state index contributed by atoms with van der Waals surface area (Å²) in [7, 11) is 1.68. The van der Waals surface area contributed by atoms with E-state index in [1.807, 2.05) is 6.92 Å². The second-order valence-electron chi connectivity index (χ2n) is 4.60. The lowest BCUT2D eigenvalue weighted by atomic mass is 10.00. The van der Waals surface area contributed by atoms with E-state index < -0.39 is 0 Å². The highest BCUT2D eigenvalue weighted by molar-refractivity contribution is 5.75. The van der Waals surface area contributed by atoms with Crippen molar-refractivity contribution in [1.29, 1.82) is 0 Å². The zero-order valence-electron chi connectivity index (χ0n) is 10.4. The largest absolute Gasteiger partial charge is 0.382 e. The van der Waals surface area contributed by atoms with E-state index in [2.05, 4.69) is 10.6 Å². The molecule has 2 atom stereocenters. The Morgan fingerprint density at radius 2 is 2.44 bits per heavy atom. The van der Waals surface area contributed by atoms with E-state index in [-0.39, 0.29) is 12.0 Å². The van der Waals surface area contributed by atoms with Gasteiger partial charge in [-0.15, -0.1) is 0 Å². The number of hydrogen-bond donors (Lipinski definition) is 2. The van der Waals surface area contributed by atoms with Crippen molar-refractivity contribution >= 4 is 5.91 Å². The first kappa shape index (κ1) is 13.5. The summed E-state index contributed by atoms with van der Waals surface area (Å²) >= 11 is 0. The SMILES string of the molecule is COC(C)CCC(=O)NCC1CCCNC1. The van der Waals surface area contributed by atoms with Crippen LogP contribution in [0, 0.1) is 5.92 Å². The molecule has 1 aliphatic heterocycles. The van der Waals surface area contributed by atoms with Gasteiger partial charge in [0.05, 0.1) is 6.10 Å². The highest BCUT2D eigenvalue weighted by Crippen LogP contribution is 2.08. The minimum atomic E-state index is 0.148. The van der Waals surface area contributed by atoms with Crippen LogP contribution >= 0.6 is 0 Å². The van der Waals surface area contributed by atoms with Gasteiger partial charge in [0.2, 0.25) is 5.91 Å². The van der Waals surface area contributed by atoms with Crippen molar-refractivity contribution in [1.82, 2.24) is 10.6 Å². The van der Waals surface area contributed by atoms with Gasteiger partial charge in [0.15, 0.2) is 0 Å². The number of amides is 1. The second kappa shape index (κ2) is 7.63. The molecule has 4 nitrogen and oxygen atoms in total. The molecule has 1 aliphatic rings. The summed E-state index contributed by atoms with van der Waals surface area (Å²) in [6.45, 7) is 4.95. The van der Waals surface area contributed by atoms with Gasteiger partial charge in [-0.05, 0) is 45.2 Å². The highest BCUT2D eigenvalue weighted by Gasteiger charge is 2.13. The molecule has 1 amide bonds. The quantitative estimate of drug-likeness (QED) is 0.710. The third-order valence-corrected chi connectivity index (χ3v) is 3.17. The van der Waals surface area contributed by atoms with Crippen molar-refractivity contribution in [2.45, 2.75) is 38.7 Å². The Balaban J connectivity index is 2.05. The zero-order chi connectivity index (χ0) is 11.8. The highest BCUT2D eigenvalue weighted by atomic mass is 16.5. The van der Waals surface area contributed by atoms with E-state index in [0.29, 0.717) is 12.3 Å². The molecule has 4 heteroatoms. The van der Waals surface area contributed by atoms with Crippen LogP contribution in [0.2, 0.25) is 0 Å². The Morgan fingerprint density at radius 1 is 1.62 bits per heavy atom. The van der Waals surface area contributed by atoms with E-state index in [4.69, 9.17) is 4.74 Å². The van der Waals surface area contributed by atoms with Gasteiger partial charge in [0, 0.05) is 20.1 Å². The number of ether oxygens (including phenoxy) is 1. The van der Waals surface area contributed by atoms with Crippen molar-refractivity contribution < 1.29 is 9.53 Å². The molecule has 0 aromatic rings. The molecule has 0 saturated carbocycles. The molecule has 0 aromatic carbocycles. The van der Waals surface area contributed by atoms with E-state index in [1.54, 1.807) is 7.11 Å². The topological polar surface area (TPSA) is 50.4 Å². The lowest BCUT2D eigenvalue weighted by molar-refractivity contribution is -0.121. The fourth-order valence-corrected chi connectivity index (χ4v) is 1.90. The smallest absolute Gasteiger partial charge is 0.220 e. The molecule has 0 aromatic heterocycles. The number of hydrogen-bond acceptors (Lipinski definition) is 3. The van der Waals surface area contributed by atoms with E-state index in [1.165, 1.54) is 12.8 Å². The monoisotopic (exact) mass is 228 g/mol. The first-order chi connectivity index (χ1) is 7.72. The number of piperidine rings is 1. The summed E-state index contributed by atoms with van der Waals surface area (Å²) in [4.78, 5) is 11.5. The lowest BCUT2D eigenvalue weighted by Crippen LogP contribution is -2.38. The lowest BCUT2D eigenvalue weighted by Gasteiger charge is -2.22. The zero-order valence-corrected chi connectivity index (χ0v) is 10.4. The number of rotatable bonds is 6. The molecule has 0 radical (unpaired) electrons. The van der Waals surface area contributed by atoms with Gasteiger partial charge in [0.25, 0.3) is 0 Å². The molecule has 16 heavy (non-hydrogen) atoms. The molecule has 1 fully saturated rings. The van der Waals surface area contributed by atoms with Crippen LogP contribution in [0.15, 0.2) is 0 Å². The van der Waals surface area contributed by atoms with Crippen molar-refractivity contribution in [3.63, 3.8) is 0 Å². The summed E-state index contributed by atoms with van der Waals surface area (Å²) < 4.78 is 5.11. The average Bonchev–Trinajstić information content (AvgIpc) is 2.34. The Hall–Kier alpha value is -0.610. The number of carbonyl (C=O) groups excluding carboxylic acids is 1.